The molecule has 0 aliphatic carbocycles. The highest BCUT2D eigenvalue weighted by atomic mass is 16.6. The highest BCUT2D eigenvalue weighted by Crippen LogP contribution is 2.25. The molecule has 2 rings (SSSR count). The highest BCUT2D eigenvalue weighted by molar-refractivity contribution is 5.88. The van der Waals surface area contributed by atoms with Gasteiger partial charge in [-0.1, -0.05) is 44.3 Å². The molecule has 1 atom stereocenters. The van der Waals surface area contributed by atoms with Crippen LogP contribution in [0.15, 0.2) is 72.8 Å². The standard InChI is InChI=1S/C21H22O4/c1-5-15(4)21(23)25-19-12-8-17(9-13-19)16-6-10-18(11-7-16)24-20(22)14(2)3/h6-13,21,23H,2,4-5H2,1,3H3. The summed E-state index contributed by atoms with van der Waals surface area (Å²) >= 11 is 0. The van der Waals surface area contributed by atoms with E-state index in [-0.39, 0.29) is 0 Å². The van der Waals surface area contributed by atoms with E-state index in [9.17, 15) is 9.90 Å². The fourth-order valence-electron chi connectivity index (χ4n) is 2.02. The Balaban J connectivity index is 2.05. The summed E-state index contributed by atoms with van der Waals surface area (Å²) < 4.78 is 10.6. The third-order valence-electron chi connectivity index (χ3n) is 3.65. The minimum absolute atomic E-state index is 0.354. The number of carbonyl (C=O) groups is 1. The molecule has 0 amide bonds. The third kappa shape index (κ3) is 5.06. The van der Waals surface area contributed by atoms with Gasteiger partial charge in [0.2, 0.25) is 6.29 Å². The largest absolute Gasteiger partial charge is 0.461 e. The minimum atomic E-state index is -1.00. The molecule has 2 aromatic carbocycles. The molecule has 0 saturated carbocycles. The normalized spacial score (nSPS) is 11.5. The minimum Gasteiger partial charge on any atom is -0.461 e. The Bertz CT molecular complexity index is 757. The summed E-state index contributed by atoms with van der Waals surface area (Å²) in [6, 6.07) is 14.6. The number of rotatable bonds is 7. The second kappa shape index (κ2) is 8.31. The maximum absolute atomic E-state index is 11.5. The summed E-state index contributed by atoms with van der Waals surface area (Å²) in [5, 5.41) is 9.83. The lowest BCUT2D eigenvalue weighted by molar-refractivity contribution is -0.130. The number of carbonyl (C=O) groups excluding carboxylic acids is 1. The van der Waals surface area contributed by atoms with E-state index in [1.807, 2.05) is 31.2 Å². The van der Waals surface area contributed by atoms with Crippen molar-refractivity contribution in [1.82, 2.24) is 0 Å². The van der Waals surface area contributed by atoms with Crippen LogP contribution in [0.2, 0.25) is 0 Å². The van der Waals surface area contributed by atoms with Crippen molar-refractivity contribution in [3.8, 4) is 22.6 Å². The lowest BCUT2D eigenvalue weighted by atomic mass is 10.1. The van der Waals surface area contributed by atoms with Gasteiger partial charge in [0.05, 0.1) is 0 Å². The van der Waals surface area contributed by atoms with Crippen LogP contribution in [0.3, 0.4) is 0 Å². The van der Waals surface area contributed by atoms with Gasteiger partial charge in [-0.05, 0) is 54.3 Å². The van der Waals surface area contributed by atoms with Gasteiger partial charge in [0.15, 0.2) is 0 Å². The monoisotopic (exact) mass is 338 g/mol. The van der Waals surface area contributed by atoms with Crippen molar-refractivity contribution in [2.24, 2.45) is 0 Å². The molecule has 130 valence electrons. The Morgan fingerprint density at radius 1 is 1.00 bits per heavy atom. The number of ether oxygens (including phenoxy) is 2. The molecule has 2 aromatic rings. The molecule has 0 saturated heterocycles. The van der Waals surface area contributed by atoms with E-state index in [0.717, 1.165) is 11.1 Å². The molecule has 0 aromatic heterocycles. The van der Waals surface area contributed by atoms with Crippen LogP contribution in [0, 0.1) is 0 Å². The second-order valence-corrected chi connectivity index (χ2v) is 5.70. The number of hydrogen-bond acceptors (Lipinski definition) is 4. The summed E-state index contributed by atoms with van der Waals surface area (Å²) in [5.41, 5.74) is 2.94. The zero-order valence-electron chi connectivity index (χ0n) is 14.5. The number of aliphatic hydroxyl groups excluding tert-OH is 1. The van der Waals surface area contributed by atoms with Gasteiger partial charge in [-0.3, -0.25) is 0 Å². The van der Waals surface area contributed by atoms with Gasteiger partial charge in [-0.25, -0.2) is 4.79 Å². The van der Waals surface area contributed by atoms with Crippen LogP contribution < -0.4 is 9.47 Å². The number of aliphatic hydroxyl groups is 1. The maximum Gasteiger partial charge on any atom is 0.338 e. The Hall–Kier alpha value is -2.85. The lowest BCUT2D eigenvalue weighted by Crippen LogP contribution is -2.17. The Morgan fingerprint density at radius 2 is 1.48 bits per heavy atom. The molecule has 0 radical (unpaired) electrons. The first kappa shape index (κ1) is 18.5. The molecular formula is C21H22O4. The van der Waals surface area contributed by atoms with Crippen molar-refractivity contribution in [1.29, 1.82) is 0 Å². The van der Waals surface area contributed by atoms with E-state index < -0.39 is 12.3 Å². The summed E-state index contributed by atoms with van der Waals surface area (Å²) in [6.07, 6.45) is -0.347. The molecule has 0 spiro atoms. The van der Waals surface area contributed by atoms with Crippen molar-refractivity contribution in [3.63, 3.8) is 0 Å². The quantitative estimate of drug-likeness (QED) is 0.265. The number of esters is 1. The van der Waals surface area contributed by atoms with Crippen molar-refractivity contribution < 1.29 is 19.4 Å². The predicted octanol–water partition coefficient (Wildman–Crippen LogP) is 4.50. The van der Waals surface area contributed by atoms with E-state index in [0.29, 0.717) is 29.1 Å². The van der Waals surface area contributed by atoms with Crippen LogP contribution >= 0.6 is 0 Å². The summed E-state index contributed by atoms with van der Waals surface area (Å²) in [6.45, 7) is 10.8. The summed E-state index contributed by atoms with van der Waals surface area (Å²) in [7, 11) is 0. The van der Waals surface area contributed by atoms with Crippen molar-refractivity contribution >= 4 is 5.97 Å². The van der Waals surface area contributed by atoms with Crippen LogP contribution in [0.5, 0.6) is 11.5 Å². The van der Waals surface area contributed by atoms with E-state index in [4.69, 9.17) is 9.47 Å². The van der Waals surface area contributed by atoms with Crippen LogP contribution in [0.25, 0.3) is 11.1 Å². The fraction of sp³-hybridized carbons (Fsp3) is 0.190. The first-order valence-electron chi connectivity index (χ1n) is 8.01. The molecule has 4 nitrogen and oxygen atoms in total. The first-order chi connectivity index (χ1) is 11.9. The first-order valence-corrected chi connectivity index (χ1v) is 8.01. The molecule has 4 heteroatoms. The topological polar surface area (TPSA) is 55.8 Å². The average Bonchev–Trinajstić information content (AvgIpc) is 2.62. The fourth-order valence-corrected chi connectivity index (χ4v) is 2.02. The molecule has 0 heterocycles. The highest BCUT2D eigenvalue weighted by Gasteiger charge is 2.09. The zero-order valence-corrected chi connectivity index (χ0v) is 14.5. The van der Waals surface area contributed by atoms with Crippen LogP contribution in [-0.4, -0.2) is 17.4 Å². The number of hydrogen-bond donors (Lipinski definition) is 1. The van der Waals surface area contributed by atoms with E-state index in [1.165, 1.54) is 0 Å². The smallest absolute Gasteiger partial charge is 0.338 e. The SMILES string of the molecule is C=C(C)C(=O)Oc1ccc(-c2ccc(OC(O)C(=C)CC)cc2)cc1. The predicted molar refractivity (Wildman–Crippen MR) is 98.4 cm³/mol. The van der Waals surface area contributed by atoms with Crippen molar-refractivity contribution in [3.05, 3.63) is 72.8 Å². The van der Waals surface area contributed by atoms with E-state index >= 15 is 0 Å². The molecular weight excluding hydrogens is 316 g/mol. The molecule has 25 heavy (non-hydrogen) atoms. The van der Waals surface area contributed by atoms with Crippen molar-refractivity contribution in [2.75, 3.05) is 0 Å². The van der Waals surface area contributed by atoms with Crippen LogP contribution in [-0.2, 0) is 4.79 Å². The van der Waals surface area contributed by atoms with Gasteiger partial charge in [0.1, 0.15) is 11.5 Å². The Kier molecular flexibility index (Phi) is 6.14. The second-order valence-electron chi connectivity index (χ2n) is 5.70. The zero-order chi connectivity index (χ0) is 18.4. The summed E-state index contributed by atoms with van der Waals surface area (Å²) in [5.74, 6) is 0.595. The lowest BCUT2D eigenvalue weighted by Gasteiger charge is -2.15. The van der Waals surface area contributed by atoms with Crippen LogP contribution in [0.1, 0.15) is 20.3 Å². The van der Waals surface area contributed by atoms with Crippen LogP contribution in [0.4, 0.5) is 0 Å². The van der Waals surface area contributed by atoms with Gasteiger partial charge in [0, 0.05) is 5.57 Å². The van der Waals surface area contributed by atoms with Gasteiger partial charge < -0.3 is 14.6 Å². The Labute approximate surface area is 148 Å². The molecule has 0 aliphatic heterocycles. The van der Waals surface area contributed by atoms with Crippen molar-refractivity contribution in [2.45, 2.75) is 26.6 Å². The van der Waals surface area contributed by atoms with E-state index in [2.05, 4.69) is 13.2 Å². The molecule has 0 fully saturated rings. The van der Waals surface area contributed by atoms with E-state index in [1.54, 1.807) is 31.2 Å². The molecule has 1 N–H and O–H groups in total. The van der Waals surface area contributed by atoms with Gasteiger partial charge >= 0.3 is 5.97 Å². The summed E-state index contributed by atoms with van der Waals surface area (Å²) in [4.78, 5) is 11.5. The van der Waals surface area contributed by atoms with Gasteiger partial charge in [0.25, 0.3) is 0 Å². The third-order valence-corrected chi connectivity index (χ3v) is 3.65. The maximum atomic E-state index is 11.5. The number of benzene rings is 2. The Morgan fingerprint density at radius 3 is 1.92 bits per heavy atom. The molecule has 0 aliphatic rings. The molecule has 0 bridgehead atoms. The average molecular weight is 338 g/mol. The van der Waals surface area contributed by atoms with Gasteiger partial charge in [-0.2, -0.15) is 0 Å². The van der Waals surface area contributed by atoms with Gasteiger partial charge in [-0.15, -0.1) is 0 Å². The molecule has 1 unspecified atom stereocenters.